The van der Waals surface area contributed by atoms with Crippen LogP contribution in [0.5, 0.6) is 0 Å². The Morgan fingerprint density at radius 2 is 1.62 bits per heavy atom. The molecular formula is C27H31N3O2. The Hall–Kier alpha value is -3.13. The highest BCUT2D eigenvalue weighted by Gasteiger charge is 2.30. The maximum atomic E-state index is 13.4. The average molecular weight is 430 g/mol. The number of nitrogens with zero attached hydrogens (tertiary/aromatic N) is 3. The zero-order chi connectivity index (χ0) is 22.8. The molecule has 0 atom stereocenters. The molecule has 2 amide bonds. The second-order valence-electron chi connectivity index (χ2n) is 9.38. The van der Waals surface area contributed by atoms with Crippen molar-refractivity contribution in [1.29, 1.82) is 5.26 Å². The van der Waals surface area contributed by atoms with Crippen molar-refractivity contribution < 1.29 is 9.59 Å². The second kappa shape index (κ2) is 9.16. The SMILES string of the molecule is Cc1cc(C2CCC2)c(C(=O)N(C)C)cc1C(=O)N1CCC(c2ccc(C#N)cc2)CC1. The van der Waals surface area contributed by atoms with Crippen LogP contribution in [-0.4, -0.2) is 48.8 Å². The summed E-state index contributed by atoms with van der Waals surface area (Å²) in [6.07, 6.45) is 5.24. The average Bonchev–Trinajstić information content (AvgIpc) is 2.77. The minimum atomic E-state index is -0.0273. The topological polar surface area (TPSA) is 64.4 Å². The van der Waals surface area contributed by atoms with E-state index in [2.05, 4.69) is 12.1 Å². The molecule has 4 rings (SSSR count). The summed E-state index contributed by atoms with van der Waals surface area (Å²) >= 11 is 0. The highest BCUT2D eigenvalue weighted by atomic mass is 16.2. The van der Waals surface area contributed by atoms with Gasteiger partial charge < -0.3 is 9.80 Å². The number of hydrogen-bond acceptors (Lipinski definition) is 3. The Kier molecular flexibility index (Phi) is 6.32. The molecule has 5 heteroatoms. The molecular weight excluding hydrogens is 398 g/mol. The highest BCUT2D eigenvalue weighted by molar-refractivity contribution is 6.01. The lowest BCUT2D eigenvalue weighted by Crippen LogP contribution is -2.38. The van der Waals surface area contributed by atoms with Gasteiger partial charge in [-0.25, -0.2) is 0 Å². The van der Waals surface area contributed by atoms with E-state index >= 15 is 0 Å². The van der Waals surface area contributed by atoms with Crippen molar-refractivity contribution in [3.63, 3.8) is 0 Å². The van der Waals surface area contributed by atoms with Gasteiger partial charge in [0.15, 0.2) is 0 Å². The van der Waals surface area contributed by atoms with Crippen molar-refractivity contribution in [3.05, 3.63) is 69.8 Å². The fraction of sp³-hybridized carbons (Fsp3) is 0.444. The van der Waals surface area contributed by atoms with Crippen LogP contribution >= 0.6 is 0 Å². The predicted molar refractivity (Wildman–Crippen MR) is 125 cm³/mol. The molecule has 0 spiro atoms. The number of amides is 2. The molecule has 1 saturated heterocycles. The van der Waals surface area contributed by atoms with E-state index < -0.39 is 0 Å². The van der Waals surface area contributed by atoms with E-state index in [0.29, 0.717) is 41.6 Å². The van der Waals surface area contributed by atoms with E-state index in [4.69, 9.17) is 5.26 Å². The van der Waals surface area contributed by atoms with Crippen molar-refractivity contribution in [2.45, 2.75) is 50.9 Å². The number of rotatable bonds is 4. The minimum absolute atomic E-state index is 0.0220. The van der Waals surface area contributed by atoms with E-state index in [-0.39, 0.29) is 11.8 Å². The Morgan fingerprint density at radius 3 is 2.16 bits per heavy atom. The van der Waals surface area contributed by atoms with Crippen molar-refractivity contribution in [2.24, 2.45) is 0 Å². The molecule has 1 aliphatic heterocycles. The molecule has 1 saturated carbocycles. The third-order valence-electron chi connectivity index (χ3n) is 7.10. The number of nitriles is 1. The molecule has 2 aromatic carbocycles. The first kappa shape index (κ1) is 22.1. The van der Waals surface area contributed by atoms with Gasteiger partial charge in [0, 0.05) is 38.3 Å². The van der Waals surface area contributed by atoms with Gasteiger partial charge in [-0.15, -0.1) is 0 Å². The predicted octanol–water partition coefficient (Wildman–Crippen LogP) is 4.86. The monoisotopic (exact) mass is 429 g/mol. The van der Waals surface area contributed by atoms with Gasteiger partial charge in [-0.05, 0) is 79.3 Å². The van der Waals surface area contributed by atoms with Crippen LogP contribution in [0.1, 0.15) is 86.9 Å². The Morgan fingerprint density at radius 1 is 0.969 bits per heavy atom. The van der Waals surface area contributed by atoms with Crippen molar-refractivity contribution in [2.75, 3.05) is 27.2 Å². The summed E-state index contributed by atoms with van der Waals surface area (Å²) in [5.74, 6) is 0.828. The summed E-state index contributed by atoms with van der Waals surface area (Å²) in [5, 5.41) is 9.00. The first-order valence-electron chi connectivity index (χ1n) is 11.5. The maximum Gasteiger partial charge on any atom is 0.254 e. The molecule has 166 valence electrons. The number of likely N-dealkylation sites (tertiary alicyclic amines) is 1. The van der Waals surface area contributed by atoms with E-state index in [9.17, 15) is 9.59 Å². The molecule has 0 radical (unpaired) electrons. The number of aryl methyl sites for hydroxylation is 1. The summed E-state index contributed by atoms with van der Waals surface area (Å²) in [6, 6.07) is 13.9. The lowest BCUT2D eigenvalue weighted by molar-refractivity contribution is 0.0712. The van der Waals surface area contributed by atoms with E-state index in [1.54, 1.807) is 19.0 Å². The van der Waals surface area contributed by atoms with Crippen LogP contribution in [0, 0.1) is 18.3 Å². The smallest absolute Gasteiger partial charge is 0.254 e. The Labute approximate surface area is 190 Å². The van der Waals surface area contributed by atoms with Crippen LogP contribution in [-0.2, 0) is 0 Å². The van der Waals surface area contributed by atoms with Gasteiger partial charge in [-0.2, -0.15) is 5.26 Å². The summed E-state index contributed by atoms with van der Waals surface area (Å²) in [4.78, 5) is 29.8. The van der Waals surface area contributed by atoms with E-state index in [1.165, 1.54) is 12.0 Å². The minimum Gasteiger partial charge on any atom is -0.345 e. The molecule has 1 aliphatic carbocycles. The van der Waals surface area contributed by atoms with Gasteiger partial charge in [0.05, 0.1) is 11.6 Å². The van der Waals surface area contributed by atoms with Crippen LogP contribution in [0.15, 0.2) is 36.4 Å². The summed E-state index contributed by atoms with van der Waals surface area (Å²) in [5.41, 5.74) is 5.29. The maximum absolute atomic E-state index is 13.4. The van der Waals surface area contributed by atoms with Gasteiger partial charge in [-0.1, -0.05) is 24.6 Å². The zero-order valence-electron chi connectivity index (χ0n) is 19.2. The van der Waals surface area contributed by atoms with Crippen LogP contribution < -0.4 is 0 Å². The van der Waals surface area contributed by atoms with Crippen molar-refractivity contribution >= 4 is 11.8 Å². The second-order valence-corrected chi connectivity index (χ2v) is 9.38. The first-order valence-corrected chi connectivity index (χ1v) is 11.5. The van der Waals surface area contributed by atoms with Crippen molar-refractivity contribution in [3.8, 4) is 6.07 Å². The van der Waals surface area contributed by atoms with Gasteiger partial charge in [0.1, 0.15) is 0 Å². The van der Waals surface area contributed by atoms with Gasteiger partial charge in [0.2, 0.25) is 0 Å². The summed E-state index contributed by atoms with van der Waals surface area (Å²) in [7, 11) is 3.53. The quantitative estimate of drug-likeness (QED) is 0.697. The molecule has 0 aromatic heterocycles. The Bertz CT molecular complexity index is 1050. The molecule has 1 heterocycles. The molecule has 32 heavy (non-hydrogen) atoms. The third kappa shape index (κ3) is 4.27. The van der Waals surface area contributed by atoms with Gasteiger partial charge in [-0.3, -0.25) is 9.59 Å². The molecule has 5 nitrogen and oxygen atoms in total. The van der Waals surface area contributed by atoms with E-state index in [0.717, 1.165) is 36.8 Å². The van der Waals surface area contributed by atoms with Crippen LogP contribution in [0.3, 0.4) is 0 Å². The molecule has 2 aromatic rings. The molecule has 2 fully saturated rings. The van der Waals surface area contributed by atoms with Gasteiger partial charge >= 0.3 is 0 Å². The largest absolute Gasteiger partial charge is 0.345 e. The standard InChI is InChI=1S/C27H31N3O2/c1-18-15-24(22-5-4-6-22)25(26(31)29(2)3)16-23(18)27(32)30-13-11-21(12-14-30)20-9-7-19(17-28)8-10-20/h7-10,15-16,21-22H,4-6,11-14H2,1-3H3. The molecule has 0 bridgehead atoms. The number of benzene rings is 2. The van der Waals surface area contributed by atoms with Crippen LogP contribution in [0.4, 0.5) is 0 Å². The number of carbonyl (C=O) groups excluding carboxylic acids is 2. The molecule has 0 N–H and O–H groups in total. The number of hydrogen-bond donors (Lipinski definition) is 0. The molecule has 2 aliphatic rings. The third-order valence-corrected chi connectivity index (χ3v) is 7.10. The summed E-state index contributed by atoms with van der Waals surface area (Å²) in [6.45, 7) is 3.39. The zero-order valence-corrected chi connectivity index (χ0v) is 19.2. The van der Waals surface area contributed by atoms with Gasteiger partial charge in [0.25, 0.3) is 11.8 Å². The van der Waals surface area contributed by atoms with Crippen LogP contribution in [0.25, 0.3) is 0 Å². The fourth-order valence-corrected chi connectivity index (χ4v) is 4.86. The highest BCUT2D eigenvalue weighted by Crippen LogP contribution is 2.39. The van der Waals surface area contributed by atoms with E-state index in [1.807, 2.05) is 42.2 Å². The Balaban J connectivity index is 1.52. The first-order chi connectivity index (χ1) is 15.4. The van der Waals surface area contributed by atoms with Crippen molar-refractivity contribution in [1.82, 2.24) is 9.80 Å². The lowest BCUT2D eigenvalue weighted by Gasteiger charge is -2.33. The fourth-order valence-electron chi connectivity index (χ4n) is 4.86. The van der Waals surface area contributed by atoms with Crippen LogP contribution in [0.2, 0.25) is 0 Å². The normalized spacial score (nSPS) is 16.9. The molecule has 0 unspecified atom stereocenters. The number of carbonyl (C=O) groups is 2. The lowest BCUT2D eigenvalue weighted by atomic mass is 9.77. The number of piperidine rings is 1. The summed E-state index contributed by atoms with van der Waals surface area (Å²) < 4.78 is 0.